The second-order valence-corrected chi connectivity index (χ2v) is 8.35. The summed E-state index contributed by atoms with van der Waals surface area (Å²) in [6, 6.07) is 10.3. The van der Waals surface area contributed by atoms with Crippen LogP contribution < -0.4 is 15.5 Å². The Bertz CT molecular complexity index is 854. The number of piperazine rings is 1. The van der Waals surface area contributed by atoms with E-state index in [1.165, 1.54) is 5.69 Å². The van der Waals surface area contributed by atoms with Crippen LogP contribution in [0.2, 0.25) is 0 Å². The maximum Gasteiger partial charge on any atom is 0.242 e. The van der Waals surface area contributed by atoms with Crippen molar-refractivity contribution in [3.05, 3.63) is 48.2 Å². The normalized spacial score (nSPS) is 14.8. The van der Waals surface area contributed by atoms with Gasteiger partial charge in [0.05, 0.1) is 19.3 Å². The highest BCUT2D eigenvalue weighted by Gasteiger charge is 2.22. The molecule has 9 heteroatoms. The molecule has 8 nitrogen and oxygen atoms in total. The molecule has 0 saturated carbocycles. The van der Waals surface area contributed by atoms with Gasteiger partial charge < -0.3 is 24.9 Å². The van der Waals surface area contributed by atoms with Crippen LogP contribution in [0.5, 0.6) is 0 Å². The predicted octanol–water partition coefficient (Wildman–Crippen LogP) is 2.60. The molecule has 1 amide bonds. The molecule has 1 aromatic heterocycles. The van der Waals surface area contributed by atoms with Crippen LogP contribution in [0.1, 0.15) is 32.4 Å². The number of aliphatic imine (C=N–C) groups is 1. The van der Waals surface area contributed by atoms with Crippen LogP contribution in [-0.2, 0) is 16.8 Å². The molecule has 31 heavy (non-hydrogen) atoms. The van der Waals surface area contributed by atoms with Gasteiger partial charge in [-0.3, -0.25) is 9.79 Å². The third-order valence-corrected chi connectivity index (χ3v) is 5.08. The first-order valence-electron chi connectivity index (χ1n) is 10.3. The minimum Gasteiger partial charge on any atom is -0.443 e. The third-order valence-electron chi connectivity index (χ3n) is 5.08. The molecule has 2 N–H and O–H groups in total. The van der Waals surface area contributed by atoms with E-state index in [9.17, 15) is 4.79 Å². The fourth-order valence-corrected chi connectivity index (χ4v) is 3.24. The summed E-state index contributed by atoms with van der Waals surface area (Å²) in [7, 11) is 1.68. The Labute approximate surface area is 201 Å². The molecule has 0 atom stereocenters. The van der Waals surface area contributed by atoms with E-state index < -0.39 is 0 Å². The number of aromatic nitrogens is 1. The van der Waals surface area contributed by atoms with Gasteiger partial charge in [-0.25, -0.2) is 4.98 Å². The summed E-state index contributed by atoms with van der Waals surface area (Å²) in [4.78, 5) is 25.2. The monoisotopic (exact) mass is 540 g/mol. The van der Waals surface area contributed by atoms with E-state index in [4.69, 9.17) is 4.42 Å². The van der Waals surface area contributed by atoms with Gasteiger partial charge >= 0.3 is 0 Å². The van der Waals surface area contributed by atoms with Gasteiger partial charge in [-0.05, 0) is 12.1 Å². The summed E-state index contributed by atoms with van der Waals surface area (Å²) in [6.07, 6.45) is 1.76. The zero-order valence-electron chi connectivity index (χ0n) is 18.7. The molecule has 1 fully saturated rings. The highest BCUT2D eigenvalue weighted by molar-refractivity contribution is 14.0. The Balaban J connectivity index is 0.00000341. The topological polar surface area (TPSA) is 86.0 Å². The van der Waals surface area contributed by atoms with E-state index in [0.717, 1.165) is 18.8 Å². The summed E-state index contributed by atoms with van der Waals surface area (Å²) in [6.45, 7) is 9.94. The van der Waals surface area contributed by atoms with Gasteiger partial charge in [-0.15, -0.1) is 24.0 Å². The predicted molar refractivity (Wildman–Crippen MR) is 134 cm³/mol. The summed E-state index contributed by atoms with van der Waals surface area (Å²) >= 11 is 0. The van der Waals surface area contributed by atoms with Gasteiger partial charge in [-0.1, -0.05) is 39.0 Å². The molecule has 1 aliphatic heterocycles. The molecule has 1 aliphatic rings. The molecule has 0 unspecified atom stereocenters. The maximum atomic E-state index is 12.6. The lowest BCUT2D eigenvalue weighted by Crippen LogP contribution is -2.52. The molecule has 2 heterocycles. The number of carbonyl (C=O) groups excluding carboxylic acids is 1. The van der Waals surface area contributed by atoms with Crippen molar-refractivity contribution >= 4 is 41.5 Å². The van der Waals surface area contributed by atoms with Gasteiger partial charge in [0.25, 0.3) is 0 Å². The molecule has 3 rings (SSSR count). The number of amides is 1. The summed E-state index contributed by atoms with van der Waals surface area (Å²) in [5.41, 5.74) is 1.12. The molecule has 0 radical (unpaired) electrons. The zero-order chi connectivity index (χ0) is 21.6. The van der Waals surface area contributed by atoms with Crippen LogP contribution in [0.4, 0.5) is 5.69 Å². The quantitative estimate of drug-likeness (QED) is 0.345. The first kappa shape index (κ1) is 25.0. The number of rotatable bonds is 5. The minimum absolute atomic E-state index is 0. The van der Waals surface area contributed by atoms with Crippen LogP contribution in [0, 0.1) is 0 Å². The molecule has 1 saturated heterocycles. The van der Waals surface area contributed by atoms with Crippen LogP contribution in [0.25, 0.3) is 0 Å². The molecular formula is C22H33IN6O2. The van der Waals surface area contributed by atoms with Gasteiger partial charge in [0.2, 0.25) is 11.8 Å². The Hall–Kier alpha value is -2.30. The van der Waals surface area contributed by atoms with Crippen molar-refractivity contribution in [1.82, 2.24) is 20.5 Å². The van der Waals surface area contributed by atoms with Gasteiger partial charge in [0.15, 0.2) is 5.96 Å². The summed E-state index contributed by atoms with van der Waals surface area (Å²) in [5, 5.41) is 6.22. The number of para-hydroxylation sites is 1. The Morgan fingerprint density at radius 1 is 1.13 bits per heavy atom. The molecule has 0 spiro atoms. The number of guanidine groups is 1. The molecule has 0 aliphatic carbocycles. The van der Waals surface area contributed by atoms with E-state index in [1.54, 1.807) is 13.2 Å². The number of benzene rings is 1. The fourth-order valence-electron chi connectivity index (χ4n) is 3.24. The minimum atomic E-state index is -0.0812. The summed E-state index contributed by atoms with van der Waals surface area (Å²) < 4.78 is 5.77. The molecule has 1 aromatic carbocycles. The first-order chi connectivity index (χ1) is 14.4. The second kappa shape index (κ2) is 11.4. The lowest BCUT2D eigenvalue weighted by atomic mass is 9.94. The number of nitrogens with one attached hydrogen (secondary N) is 2. The van der Waals surface area contributed by atoms with Crippen LogP contribution in [0.3, 0.4) is 0 Å². The molecule has 170 valence electrons. The van der Waals surface area contributed by atoms with E-state index in [1.807, 2.05) is 23.1 Å². The number of hydrogen-bond donors (Lipinski definition) is 2. The SMILES string of the molecule is CN=C(NCC(=O)N1CCN(c2ccccc2)CC1)NCc1ncc(C(C)(C)C)o1.I. The van der Waals surface area contributed by atoms with Gasteiger partial charge in [-0.2, -0.15) is 0 Å². The van der Waals surface area contributed by atoms with E-state index >= 15 is 0 Å². The first-order valence-corrected chi connectivity index (χ1v) is 10.3. The highest BCUT2D eigenvalue weighted by Crippen LogP contribution is 2.22. The van der Waals surface area contributed by atoms with Crippen molar-refractivity contribution in [2.45, 2.75) is 32.7 Å². The maximum absolute atomic E-state index is 12.6. The number of anilines is 1. The van der Waals surface area contributed by atoms with Gasteiger partial charge in [0, 0.05) is 44.3 Å². The summed E-state index contributed by atoms with van der Waals surface area (Å²) in [5.74, 6) is 2.04. The zero-order valence-corrected chi connectivity index (χ0v) is 21.1. The number of halogens is 1. The molecular weight excluding hydrogens is 507 g/mol. The Kier molecular flexibility index (Phi) is 9.15. The van der Waals surface area contributed by atoms with Gasteiger partial charge in [0.1, 0.15) is 5.76 Å². The average Bonchev–Trinajstić information content (AvgIpc) is 3.24. The second-order valence-electron chi connectivity index (χ2n) is 8.35. The average molecular weight is 540 g/mol. The van der Waals surface area contributed by atoms with Crippen molar-refractivity contribution < 1.29 is 9.21 Å². The largest absolute Gasteiger partial charge is 0.443 e. The number of carbonyl (C=O) groups is 1. The number of oxazole rings is 1. The third kappa shape index (κ3) is 7.12. The van der Waals surface area contributed by atoms with E-state index in [-0.39, 0.29) is 41.8 Å². The van der Waals surface area contributed by atoms with Crippen LogP contribution in [0.15, 0.2) is 45.9 Å². The van der Waals surface area contributed by atoms with Crippen LogP contribution in [-0.4, -0.2) is 61.5 Å². The number of nitrogens with zero attached hydrogens (tertiary/aromatic N) is 4. The van der Waals surface area contributed by atoms with Crippen molar-refractivity contribution in [2.24, 2.45) is 4.99 Å². The van der Waals surface area contributed by atoms with Crippen LogP contribution >= 0.6 is 24.0 Å². The Morgan fingerprint density at radius 2 is 1.81 bits per heavy atom. The smallest absolute Gasteiger partial charge is 0.242 e. The van der Waals surface area contributed by atoms with Crippen molar-refractivity contribution in [1.29, 1.82) is 0 Å². The fraction of sp³-hybridized carbons (Fsp3) is 0.500. The van der Waals surface area contributed by atoms with Crippen molar-refractivity contribution in [3.8, 4) is 0 Å². The lowest BCUT2D eigenvalue weighted by Gasteiger charge is -2.36. The van der Waals surface area contributed by atoms with Crippen molar-refractivity contribution in [3.63, 3.8) is 0 Å². The van der Waals surface area contributed by atoms with E-state index in [0.29, 0.717) is 31.5 Å². The lowest BCUT2D eigenvalue weighted by molar-refractivity contribution is -0.130. The molecule has 0 bridgehead atoms. The van der Waals surface area contributed by atoms with Crippen molar-refractivity contribution in [2.75, 3.05) is 44.7 Å². The van der Waals surface area contributed by atoms with E-state index in [2.05, 4.69) is 58.4 Å². The highest BCUT2D eigenvalue weighted by atomic mass is 127. The molecule has 2 aromatic rings. The Morgan fingerprint density at radius 3 is 2.39 bits per heavy atom. The number of hydrogen-bond acceptors (Lipinski definition) is 5. The standard InChI is InChI=1S/C22H32N6O2.HI/c1-22(2,3)18-14-24-19(30-18)15-25-21(23-4)26-16-20(29)28-12-10-27(11-13-28)17-8-6-5-7-9-17;/h5-9,14H,10-13,15-16H2,1-4H3,(H2,23,25,26);1H.